The number of nitrogens with zero attached hydrogens (tertiary/aromatic N) is 4. The summed E-state index contributed by atoms with van der Waals surface area (Å²) in [6.07, 6.45) is 6.54. The molecule has 2 fully saturated rings. The molecular weight excluding hydrogens is 274 g/mol. The molecule has 0 unspecified atom stereocenters. The largest absolute Gasteiger partial charge is 0.312 e. The number of hydrogen-bond donors (Lipinski definition) is 1. The van der Waals surface area contributed by atoms with Crippen LogP contribution in [0.25, 0.3) is 22.3 Å². The highest BCUT2D eigenvalue weighted by molar-refractivity contribution is 5.77. The second-order valence-corrected chi connectivity index (χ2v) is 6.24. The van der Waals surface area contributed by atoms with Crippen molar-refractivity contribution in [3.63, 3.8) is 0 Å². The number of nitrogens with one attached hydrogen (secondary N) is 1. The van der Waals surface area contributed by atoms with E-state index in [1.807, 2.05) is 30.5 Å². The van der Waals surface area contributed by atoms with Gasteiger partial charge in [0, 0.05) is 30.8 Å². The maximum absolute atomic E-state index is 4.86. The van der Waals surface area contributed by atoms with E-state index in [4.69, 9.17) is 10.1 Å². The second kappa shape index (κ2) is 4.61. The van der Waals surface area contributed by atoms with Crippen LogP contribution in [0.1, 0.15) is 30.5 Å². The number of rotatable bonds is 3. The van der Waals surface area contributed by atoms with E-state index in [0.717, 1.165) is 35.4 Å². The molecule has 5 heteroatoms. The second-order valence-electron chi connectivity index (χ2n) is 6.24. The molecule has 3 heterocycles. The van der Waals surface area contributed by atoms with Crippen LogP contribution in [-0.2, 0) is 0 Å². The zero-order valence-electron chi connectivity index (χ0n) is 12.2. The van der Waals surface area contributed by atoms with Gasteiger partial charge in [-0.3, -0.25) is 9.67 Å². The van der Waals surface area contributed by atoms with Crippen molar-refractivity contribution in [1.29, 1.82) is 0 Å². The maximum Gasteiger partial charge on any atom is 0.0927 e. The van der Waals surface area contributed by atoms with Gasteiger partial charge in [-0.05, 0) is 25.0 Å². The lowest BCUT2D eigenvalue weighted by atomic mass is 10.1. The topological polar surface area (TPSA) is 55.6 Å². The van der Waals surface area contributed by atoms with Gasteiger partial charge in [0.2, 0.25) is 0 Å². The molecule has 1 aromatic carbocycles. The van der Waals surface area contributed by atoms with Gasteiger partial charge in [-0.1, -0.05) is 12.1 Å². The number of benzene rings is 1. The van der Waals surface area contributed by atoms with Crippen LogP contribution in [0.3, 0.4) is 0 Å². The van der Waals surface area contributed by atoms with Gasteiger partial charge in [0.05, 0.1) is 34.7 Å². The number of fused-ring (bicyclic) bond motifs is 1. The predicted molar refractivity (Wildman–Crippen MR) is 84.6 cm³/mol. The first-order valence-corrected chi connectivity index (χ1v) is 7.90. The fourth-order valence-electron chi connectivity index (χ4n) is 3.00. The summed E-state index contributed by atoms with van der Waals surface area (Å²) in [4.78, 5) is 9.36. The highest BCUT2D eigenvalue weighted by atomic mass is 15.3. The molecule has 0 amide bonds. The Hall–Kier alpha value is -2.27. The monoisotopic (exact) mass is 291 g/mol. The van der Waals surface area contributed by atoms with Crippen LogP contribution in [-0.4, -0.2) is 32.8 Å². The molecule has 22 heavy (non-hydrogen) atoms. The van der Waals surface area contributed by atoms with E-state index in [9.17, 15) is 0 Å². The smallest absolute Gasteiger partial charge is 0.0927 e. The Labute approximate surface area is 128 Å². The van der Waals surface area contributed by atoms with Gasteiger partial charge in [-0.25, -0.2) is 4.98 Å². The minimum atomic E-state index is 0.486. The van der Waals surface area contributed by atoms with Crippen LogP contribution in [0.5, 0.6) is 0 Å². The number of aromatic nitrogens is 4. The average molecular weight is 291 g/mol. The zero-order valence-corrected chi connectivity index (χ0v) is 12.2. The van der Waals surface area contributed by atoms with Crippen molar-refractivity contribution in [1.82, 2.24) is 25.1 Å². The van der Waals surface area contributed by atoms with Crippen LogP contribution < -0.4 is 5.32 Å². The molecule has 0 atom stereocenters. The first kappa shape index (κ1) is 12.3. The van der Waals surface area contributed by atoms with Gasteiger partial charge in [-0.15, -0.1) is 0 Å². The van der Waals surface area contributed by atoms with E-state index < -0.39 is 0 Å². The van der Waals surface area contributed by atoms with Crippen molar-refractivity contribution in [2.24, 2.45) is 0 Å². The van der Waals surface area contributed by atoms with Crippen molar-refractivity contribution in [3.05, 3.63) is 42.4 Å². The number of hydrogen-bond acceptors (Lipinski definition) is 4. The standard InChI is InChI=1S/C17H17N5/c1-2-4-15-14(3-1)19-9-16(20-15)13-10-22(12-7-18-8-12)21-17(13)11-5-6-11/h1-4,9-12,18H,5-8H2. The Morgan fingerprint density at radius 2 is 1.91 bits per heavy atom. The van der Waals surface area contributed by atoms with Crippen molar-refractivity contribution >= 4 is 11.0 Å². The molecule has 1 saturated carbocycles. The molecule has 110 valence electrons. The molecule has 5 nitrogen and oxygen atoms in total. The normalized spacial score (nSPS) is 18.5. The van der Waals surface area contributed by atoms with E-state index in [1.165, 1.54) is 18.5 Å². The molecule has 0 bridgehead atoms. The van der Waals surface area contributed by atoms with Crippen LogP contribution >= 0.6 is 0 Å². The minimum Gasteiger partial charge on any atom is -0.312 e. The molecular formula is C17H17N5. The molecule has 1 aliphatic heterocycles. The van der Waals surface area contributed by atoms with Crippen LogP contribution in [0, 0.1) is 0 Å². The summed E-state index contributed by atoms with van der Waals surface area (Å²) in [5, 5.41) is 8.17. The summed E-state index contributed by atoms with van der Waals surface area (Å²) in [5.74, 6) is 0.609. The van der Waals surface area contributed by atoms with Gasteiger partial charge >= 0.3 is 0 Å². The summed E-state index contributed by atoms with van der Waals surface area (Å²) in [5.41, 5.74) is 5.19. The lowest BCUT2D eigenvalue weighted by molar-refractivity contribution is 0.317. The lowest BCUT2D eigenvalue weighted by Crippen LogP contribution is -2.43. The first-order chi connectivity index (χ1) is 10.9. The maximum atomic E-state index is 4.86. The zero-order chi connectivity index (χ0) is 14.5. The molecule has 2 aliphatic rings. The molecule has 1 saturated heterocycles. The summed E-state index contributed by atoms with van der Waals surface area (Å²) in [7, 11) is 0. The fraction of sp³-hybridized carbons (Fsp3) is 0.353. The van der Waals surface area contributed by atoms with Gasteiger partial charge in [-0.2, -0.15) is 5.10 Å². The van der Waals surface area contributed by atoms with Gasteiger partial charge < -0.3 is 5.32 Å². The highest BCUT2D eigenvalue weighted by Gasteiger charge is 2.32. The third-order valence-corrected chi connectivity index (χ3v) is 4.58. The Balaban J connectivity index is 1.63. The van der Waals surface area contributed by atoms with E-state index >= 15 is 0 Å². The molecule has 2 aromatic heterocycles. The van der Waals surface area contributed by atoms with Crippen molar-refractivity contribution in [2.75, 3.05) is 13.1 Å². The quantitative estimate of drug-likeness (QED) is 0.805. The summed E-state index contributed by atoms with van der Waals surface area (Å²) < 4.78 is 2.12. The van der Waals surface area contributed by atoms with Gasteiger partial charge in [0.1, 0.15) is 0 Å². The molecule has 1 N–H and O–H groups in total. The minimum absolute atomic E-state index is 0.486. The third-order valence-electron chi connectivity index (χ3n) is 4.58. The van der Waals surface area contributed by atoms with E-state index in [2.05, 4.69) is 21.2 Å². The van der Waals surface area contributed by atoms with E-state index in [-0.39, 0.29) is 0 Å². The molecule has 5 rings (SSSR count). The predicted octanol–water partition coefficient (Wildman–Crippen LogP) is 2.52. The Kier molecular flexibility index (Phi) is 2.58. The van der Waals surface area contributed by atoms with Crippen molar-refractivity contribution in [2.45, 2.75) is 24.8 Å². The summed E-state index contributed by atoms with van der Waals surface area (Å²) in [6.45, 7) is 2.02. The van der Waals surface area contributed by atoms with Gasteiger partial charge in [0.15, 0.2) is 0 Å². The number of para-hydroxylation sites is 2. The third kappa shape index (κ3) is 1.93. The highest BCUT2D eigenvalue weighted by Crippen LogP contribution is 2.43. The lowest BCUT2D eigenvalue weighted by Gasteiger charge is -2.27. The van der Waals surface area contributed by atoms with Crippen LogP contribution in [0.2, 0.25) is 0 Å². The molecule has 3 aromatic rings. The van der Waals surface area contributed by atoms with Crippen LogP contribution in [0.15, 0.2) is 36.7 Å². The summed E-state index contributed by atoms with van der Waals surface area (Å²) >= 11 is 0. The SMILES string of the molecule is c1ccc2nc(-c3cn(C4CNC4)nc3C3CC3)cnc2c1. The fourth-order valence-corrected chi connectivity index (χ4v) is 3.00. The van der Waals surface area contributed by atoms with Gasteiger partial charge in [0.25, 0.3) is 0 Å². The molecule has 0 spiro atoms. The average Bonchev–Trinajstić information content (AvgIpc) is 3.26. The molecule has 0 radical (unpaired) electrons. The Morgan fingerprint density at radius 1 is 1.09 bits per heavy atom. The Bertz CT molecular complexity index is 845. The molecule has 1 aliphatic carbocycles. The van der Waals surface area contributed by atoms with E-state index in [1.54, 1.807) is 0 Å². The summed E-state index contributed by atoms with van der Waals surface area (Å²) in [6, 6.07) is 8.50. The van der Waals surface area contributed by atoms with Crippen LogP contribution in [0.4, 0.5) is 0 Å². The Morgan fingerprint density at radius 3 is 2.64 bits per heavy atom. The van der Waals surface area contributed by atoms with E-state index in [0.29, 0.717) is 12.0 Å². The van der Waals surface area contributed by atoms with Crippen molar-refractivity contribution < 1.29 is 0 Å². The first-order valence-electron chi connectivity index (χ1n) is 7.90. The van der Waals surface area contributed by atoms with Crippen molar-refractivity contribution in [3.8, 4) is 11.3 Å².